The first-order valence-electron chi connectivity index (χ1n) is 8.48. The van der Waals surface area contributed by atoms with Gasteiger partial charge in [-0.1, -0.05) is 59.3 Å². The molecule has 0 radical (unpaired) electrons. The number of hydrogen-bond donors (Lipinski definition) is 0. The van der Waals surface area contributed by atoms with E-state index in [1.165, 1.54) is 77.3 Å². The summed E-state index contributed by atoms with van der Waals surface area (Å²) in [5.74, 6) is 0.891. The van der Waals surface area contributed by atoms with Crippen molar-refractivity contribution >= 4 is 0 Å². The lowest BCUT2D eigenvalue weighted by Gasteiger charge is -2.27. The maximum Gasteiger partial charge on any atom is 0.00951 e. The van der Waals surface area contributed by atoms with E-state index < -0.39 is 0 Å². The van der Waals surface area contributed by atoms with Crippen LogP contribution in [0.15, 0.2) is 0 Å². The first-order valence-corrected chi connectivity index (χ1v) is 8.48. The van der Waals surface area contributed by atoms with E-state index in [0.29, 0.717) is 0 Å². The molecule has 0 aromatic heterocycles. The number of nitrogens with zero attached hydrogens (tertiary/aromatic N) is 1. The van der Waals surface area contributed by atoms with Gasteiger partial charge in [0.25, 0.3) is 0 Å². The molecule has 1 fully saturated rings. The van der Waals surface area contributed by atoms with Crippen molar-refractivity contribution < 1.29 is 0 Å². The van der Waals surface area contributed by atoms with E-state index in [1.807, 2.05) is 0 Å². The first kappa shape index (κ1) is 16.0. The van der Waals surface area contributed by atoms with Crippen LogP contribution < -0.4 is 0 Å². The predicted molar refractivity (Wildman–Crippen MR) is 82.0 cm³/mol. The lowest BCUT2D eigenvalue weighted by Crippen LogP contribution is -2.32. The molecule has 1 unspecified atom stereocenters. The molecule has 1 heterocycles. The third-order valence-corrected chi connectivity index (χ3v) is 4.35. The van der Waals surface area contributed by atoms with E-state index in [1.54, 1.807) is 0 Å². The third-order valence-electron chi connectivity index (χ3n) is 4.35. The predicted octanol–water partition coefficient (Wildman–Crippen LogP) is 5.25. The van der Waals surface area contributed by atoms with Gasteiger partial charge < -0.3 is 4.90 Å². The Morgan fingerprint density at radius 1 is 0.833 bits per heavy atom. The Hall–Kier alpha value is -0.0400. The van der Waals surface area contributed by atoms with E-state index in [9.17, 15) is 0 Å². The Kier molecular flexibility index (Phi) is 8.75. The van der Waals surface area contributed by atoms with Crippen LogP contribution in [-0.4, -0.2) is 24.0 Å². The van der Waals surface area contributed by atoms with Crippen LogP contribution in [0.4, 0.5) is 0 Å². The fraction of sp³-hybridized carbons (Fsp3) is 1.00. The molecule has 0 saturated carbocycles. The van der Waals surface area contributed by atoms with Crippen LogP contribution in [0.5, 0.6) is 0 Å². The largest absolute Gasteiger partial charge is 0.300 e. The van der Waals surface area contributed by atoms with Crippen molar-refractivity contribution in [3.05, 3.63) is 0 Å². The van der Waals surface area contributed by atoms with E-state index in [2.05, 4.69) is 25.7 Å². The SMILES string of the molecule is CCCC(CCCCCCC(C)C)N1CCCC1. The molecule has 1 saturated heterocycles. The van der Waals surface area contributed by atoms with Gasteiger partial charge in [-0.15, -0.1) is 0 Å². The molecule has 1 rings (SSSR count). The lowest BCUT2D eigenvalue weighted by atomic mass is 10.00. The zero-order valence-corrected chi connectivity index (χ0v) is 13.1. The van der Waals surface area contributed by atoms with Crippen molar-refractivity contribution in [3.63, 3.8) is 0 Å². The van der Waals surface area contributed by atoms with Gasteiger partial charge in [-0.05, 0) is 44.7 Å². The summed E-state index contributed by atoms with van der Waals surface area (Å²) in [5.41, 5.74) is 0. The van der Waals surface area contributed by atoms with Gasteiger partial charge in [-0.2, -0.15) is 0 Å². The lowest BCUT2D eigenvalue weighted by molar-refractivity contribution is 0.212. The summed E-state index contributed by atoms with van der Waals surface area (Å²) >= 11 is 0. The maximum absolute atomic E-state index is 2.76. The molecule has 0 aliphatic carbocycles. The van der Waals surface area contributed by atoms with E-state index in [-0.39, 0.29) is 0 Å². The monoisotopic (exact) mass is 253 g/mol. The minimum atomic E-state index is 0.891. The van der Waals surface area contributed by atoms with Crippen LogP contribution in [-0.2, 0) is 0 Å². The third kappa shape index (κ3) is 6.78. The van der Waals surface area contributed by atoms with Crippen LogP contribution in [0.25, 0.3) is 0 Å². The highest BCUT2D eigenvalue weighted by Crippen LogP contribution is 2.21. The molecular formula is C17H35N. The number of likely N-dealkylation sites (tertiary alicyclic amines) is 1. The van der Waals surface area contributed by atoms with Crippen LogP contribution in [0.1, 0.15) is 85.0 Å². The molecule has 0 bridgehead atoms. The molecule has 1 heteroatoms. The summed E-state index contributed by atoms with van der Waals surface area (Å²) in [5, 5.41) is 0. The average Bonchev–Trinajstić information content (AvgIpc) is 2.85. The fourth-order valence-electron chi connectivity index (χ4n) is 3.24. The van der Waals surface area contributed by atoms with Crippen LogP contribution >= 0.6 is 0 Å². The number of rotatable bonds is 10. The molecule has 0 aromatic rings. The Morgan fingerprint density at radius 2 is 1.44 bits per heavy atom. The Labute approximate surface area is 115 Å². The molecular weight excluding hydrogens is 218 g/mol. The van der Waals surface area contributed by atoms with Gasteiger partial charge >= 0.3 is 0 Å². The van der Waals surface area contributed by atoms with Gasteiger partial charge in [0, 0.05) is 6.04 Å². The normalized spacial score (nSPS) is 18.7. The second-order valence-electron chi connectivity index (χ2n) is 6.57. The van der Waals surface area contributed by atoms with Crippen molar-refractivity contribution in [2.24, 2.45) is 5.92 Å². The maximum atomic E-state index is 2.76. The second kappa shape index (κ2) is 9.83. The Balaban J connectivity index is 2.06. The minimum absolute atomic E-state index is 0.891. The highest BCUT2D eigenvalue weighted by molar-refractivity contribution is 4.76. The van der Waals surface area contributed by atoms with Gasteiger partial charge in [0.15, 0.2) is 0 Å². The van der Waals surface area contributed by atoms with Crippen LogP contribution in [0.3, 0.4) is 0 Å². The molecule has 1 atom stereocenters. The molecule has 1 aliphatic heterocycles. The van der Waals surface area contributed by atoms with E-state index >= 15 is 0 Å². The quantitative estimate of drug-likeness (QED) is 0.481. The molecule has 108 valence electrons. The summed E-state index contributed by atoms with van der Waals surface area (Å²) in [6.07, 6.45) is 14.3. The van der Waals surface area contributed by atoms with Crippen LogP contribution in [0, 0.1) is 5.92 Å². The zero-order chi connectivity index (χ0) is 13.2. The summed E-state index contributed by atoms with van der Waals surface area (Å²) < 4.78 is 0. The van der Waals surface area contributed by atoms with Crippen LogP contribution in [0.2, 0.25) is 0 Å². The fourth-order valence-corrected chi connectivity index (χ4v) is 3.24. The second-order valence-corrected chi connectivity index (χ2v) is 6.57. The highest BCUT2D eigenvalue weighted by Gasteiger charge is 2.20. The first-order chi connectivity index (χ1) is 8.74. The molecule has 0 spiro atoms. The smallest absolute Gasteiger partial charge is 0.00951 e. The average molecular weight is 253 g/mol. The molecule has 1 aliphatic rings. The van der Waals surface area contributed by atoms with Crippen molar-refractivity contribution in [1.29, 1.82) is 0 Å². The van der Waals surface area contributed by atoms with Gasteiger partial charge in [0.1, 0.15) is 0 Å². The van der Waals surface area contributed by atoms with Crippen molar-refractivity contribution in [1.82, 2.24) is 4.90 Å². The Morgan fingerprint density at radius 3 is 2.00 bits per heavy atom. The molecule has 0 aromatic carbocycles. The van der Waals surface area contributed by atoms with Gasteiger partial charge in [-0.25, -0.2) is 0 Å². The highest BCUT2D eigenvalue weighted by atomic mass is 15.2. The summed E-state index contributed by atoms with van der Waals surface area (Å²) in [6.45, 7) is 9.76. The number of unbranched alkanes of at least 4 members (excludes halogenated alkanes) is 3. The van der Waals surface area contributed by atoms with Crippen molar-refractivity contribution in [2.75, 3.05) is 13.1 Å². The molecule has 0 N–H and O–H groups in total. The van der Waals surface area contributed by atoms with E-state index in [0.717, 1.165) is 12.0 Å². The van der Waals surface area contributed by atoms with E-state index in [4.69, 9.17) is 0 Å². The topological polar surface area (TPSA) is 3.24 Å². The van der Waals surface area contributed by atoms with Gasteiger partial charge in [0.2, 0.25) is 0 Å². The standard InChI is InChI=1S/C17H35N/c1-4-11-17(18-14-9-10-15-18)13-8-6-5-7-12-16(2)3/h16-17H,4-15H2,1-3H3. The summed E-state index contributed by atoms with van der Waals surface area (Å²) in [6, 6.07) is 0.905. The molecule has 18 heavy (non-hydrogen) atoms. The summed E-state index contributed by atoms with van der Waals surface area (Å²) in [4.78, 5) is 2.76. The van der Waals surface area contributed by atoms with Gasteiger partial charge in [-0.3, -0.25) is 0 Å². The summed E-state index contributed by atoms with van der Waals surface area (Å²) in [7, 11) is 0. The van der Waals surface area contributed by atoms with Crippen molar-refractivity contribution in [3.8, 4) is 0 Å². The zero-order valence-electron chi connectivity index (χ0n) is 13.1. The molecule has 0 amide bonds. The minimum Gasteiger partial charge on any atom is -0.300 e. The van der Waals surface area contributed by atoms with Gasteiger partial charge in [0.05, 0.1) is 0 Å². The van der Waals surface area contributed by atoms with Crippen molar-refractivity contribution in [2.45, 2.75) is 91.0 Å². The number of hydrogen-bond acceptors (Lipinski definition) is 1. The Bertz CT molecular complexity index is 182. The molecule has 1 nitrogen and oxygen atoms in total.